The minimum absolute atomic E-state index is 0.199. The molecule has 1 rings (SSSR count). The zero-order valence-corrected chi connectivity index (χ0v) is 9.65. The van der Waals surface area contributed by atoms with E-state index in [1.54, 1.807) is 6.92 Å². The fourth-order valence-electron chi connectivity index (χ4n) is 1.19. The topological polar surface area (TPSA) is 88.3 Å². The molecule has 6 nitrogen and oxygen atoms in total. The number of amides is 1. The Morgan fingerprint density at radius 1 is 1.53 bits per heavy atom. The average molecular weight is 238 g/mol. The van der Waals surface area contributed by atoms with Crippen molar-refractivity contribution < 1.29 is 14.3 Å². The second kappa shape index (κ2) is 5.83. The van der Waals surface area contributed by atoms with E-state index in [0.717, 1.165) is 6.07 Å². The molecule has 0 spiro atoms. The van der Waals surface area contributed by atoms with E-state index in [-0.39, 0.29) is 17.7 Å². The SMILES string of the molecule is CCOC(=O)C(C)NC(=O)c1cc[nH]c(=O)c1. The van der Waals surface area contributed by atoms with Gasteiger partial charge in [-0.3, -0.25) is 9.59 Å². The number of aromatic nitrogens is 1. The molecule has 0 bridgehead atoms. The molecule has 0 aliphatic rings. The summed E-state index contributed by atoms with van der Waals surface area (Å²) in [4.78, 5) is 36.3. The number of H-pyrrole nitrogens is 1. The highest BCUT2D eigenvalue weighted by Crippen LogP contribution is 1.95. The fraction of sp³-hybridized carbons (Fsp3) is 0.364. The predicted octanol–water partition coefficient (Wildman–Crippen LogP) is 0.0563. The molecule has 17 heavy (non-hydrogen) atoms. The molecule has 1 aromatic heterocycles. The summed E-state index contributed by atoms with van der Waals surface area (Å²) in [6.07, 6.45) is 1.37. The summed E-state index contributed by atoms with van der Waals surface area (Å²) in [7, 11) is 0. The van der Waals surface area contributed by atoms with Crippen molar-refractivity contribution in [2.24, 2.45) is 0 Å². The van der Waals surface area contributed by atoms with Crippen LogP contribution in [0, 0.1) is 0 Å². The zero-order chi connectivity index (χ0) is 12.8. The molecule has 0 saturated carbocycles. The Kier molecular flexibility index (Phi) is 4.45. The first kappa shape index (κ1) is 13.0. The van der Waals surface area contributed by atoms with Crippen LogP contribution in [0.1, 0.15) is 24.2 Å². The van der Waals surface area contributed by atoms with Gasteiger partial charge >= 0.3 is 5.97 Å². The lowest BCUT2D eigenvalue weighted by Crippen LogP contribution is -2.39. The van der Waals surface area contributed by atoms with Gasteiger partial charge in [0, 0.05) is 17.8 Å². The Hall–Kier alpha value is -2.11. The number of carbonyl (C=O) groups is 2. The number of ether oxygens (including phenoxy) is 1. The minimum atomic E-state index is -0.748. The van der Waals surface area contributed by atoms with Crippen molar-refractivity contribution in [2.45, 2.75) is 19.9 Å². The van der Waals surface area contributed by atoms with Crippen molar-refractivity contribution >= 4 is 11.9 Å². The molecule has 1 heterocycles. The van der Waals surface area contributed by atoms with Crippen molar-refractivity contribution in [2.75, 3.05) is 6.61 Å². The first-order valence-corrected chi connectivity index (χ1v) is 5.21. The largest absolute Gasteiger partial charge is 0.464 e. The van der Waals surface area contributed by atoms with Gasteiger partial charge in [-0.2, -0.15) is 0 Å². The Morgan fingerprint density at radius 3 is 2.82 bits per heavy atom. The number of rotatable bonds is 4. The van der Waals surface area contributed by atoms with Gasteiger partial charge in [-0.1, -0.05) is 0 Å². The van der Waals surface area contributed by atoms with Gasteiger partial charge in [0.25, 0.3) is 5.91 Å². The summed E-state index contributed by atoms with van der Waals surface area (Å²) >= 11 is 0. The maximum absolute atomic E-state index is 11.6. The Bertz CT molecular complexity index is 467. The summed E-state index contributed by atoms with van der Waals surface area (Å²) in [5, 5.41) is 2.44. The number of hydrogen-bond donors (Lipinski definition) is 2. The van der Waals surface area contributed by atoms with Crippen LogP contribution in [0.3, 0.4) is 0 Å². The highest BCUT2D eigenvalue weighted by atomic mass is 16.5. The van der Waals surface area contributed by atoms with Crippen molar-refractivity contribution in [3.8, 4) is 0 Å². The molecule has 6 heteroatoms. The number of hydrogen-bond acceptors (Lipinski definition) is 4. The van der Waals surface area contributed by atoms with Crippen molar-refractivity contribution in [3.05, 3.63) is 34.2 Å². The van der Waals surface area contributed by atoms with Crippen LogP contribution in [-0.4, -0.2) is 29.5 Å². The third-order valence-electron chi connectivity index (χ3n) is 2.03. The molecule has 1 amide bonds. The molecule has 1 unspecified atom stereocenters. The molecule has 1 aromatic rings. The molecule has 2 N–H and O–H groups in total. The Balaban J connectivity index is 2.66. The molecule has 0 fully saturated rings. The van der Waals surface area contributed by atoms with Gasteiger partial charge in [-0.15, -0.1) is 0 Å². The molecular weight excluding hydrogens is 224 g/mol. The van der Waals surface area contributed by atoms with Crippen LogP contribution >= 0.6 is 0 Å². The summed E-state index contributed by atoms with van der Waals surface area (Å²) in [6.45, 7) is 3.45. The van der Waals surface area contributed by atoms with Crippen LogP contribution in [0.25, 0.3) is 0 Å². The van der Waals surface area contributed by atoms with Crippen molar-refractivity contribution in [1.82, 2.24) is 10.3 Å². The predicted molar refractivity (Wildman–Crippen MR) is 60.6 cm³/mol. The number of aromatic amines is 1. The fourth-order valence-corrected chi connectivity index (χ4v) is 1.19. The number of esters is 1. The summed E-state index contributed by atoms with van der Waals surface area (Å²) < 4.78 is 4.74. The maximum atomic E-state index is 11.6. The number of carbonyl (C=O) groups excluding carboxylic acids is 2. The maximum Gasteiger partial charge on any atom is 0.328 e. The molecule has 0 aliphatic carbocycles. The first-order chi connectivity index (χ1) is 8.04. The van der Waals surface area contributed by atoms with Crippen LogP contribution in [-0.2, 0) is 9.53 Å². The monoisotopic (exact) mass is 238 g/mol. The van der Waals surface area contributed by atoms with Crippen LogP contribution in [0.5, 0.6) is 0 Å². The second-order valence-electron chi connectivity index (χ2n) is 3.39. The lowest BCUT2D eigenvalue weighted by Gasteiger charge is -2.12. The average Bonchev–Trinajstić information content (AvgIpc) is 2.29. The summed E-state index contributed by atoms with van der Waals surface area (Å²) in [6, 6.07) is 1.86. The van der Waals surface area contributed by atoms with E-state index in [1.165, 1.54) is 19.2 Å². The van der Waals surface area contributed by atoms with Crippen molar-refractivity contribution in [1.29, 1.82) is 0 Å². The van der Waals surface area contributed by atoms with Crippen LogP contribution in [0.4, 0.5) is 0 Å². The van der Waals surface area contributed by atoms with E-state index in [2.05, 4.69) is 10.3 Å². The van der Waals surface area contributed by atoms with Gasteiger partial charge in [0.2, 0.25) is 5.56 Å². The minimum Gasteiger partial charge on any atom is -0.464 e. The number of nitrogens with one attached hydrogen (secondary N) is 2. The van der Waals surface area contributed by atoms with Crippen molar-refractivity contribution in [3.63, 3.8) is 0 Å². The van der Waals surface area contributed by atoms with Crippen LogP contribution < -0.4 is 10.9 Å². The smallest absolute Gasteiger partial charge is 0.328 e. The zero-order valence-electron chi connectivity index (χ0n) is 9.65. The molecule has 0 aromatic carbocycles. The molecular formula is C11H14N2O4. The van der Waals surface area contributed by atoms with E-state index < -0.39 is 17.9 Å². The lowest BCUT2D eigenvalue weighted by molar-refractivity contribution is -0.144. The van der Waals surface area contributed by atoms with Crippen LogP contribution in [0.2, 0.25) is 0 Å². The first-order valence-electron chi connectivity index (χ1n) is 5.21. The Morgan fingerprint density at radius 2 is 2.24 bits per heavy atom. The summed E-state index contributed by atoms with van der Waals surface area (Å²) in [5.41, 5.74) is -0.175. The molecule has 0 aliphatic heterocycles. The molecule has 0 radical (unpaired) electrons. The third-order valence-corrected chi connectivity index (χ3v) is 2.03. The normalized spacial score (nSPS) is 11.6. The third kappa shape index (κ3) is 3.75. The molecule has 1 atom stereocenters. The molecule has 92 valence electrons. The van der Waals surface area contributed by atoms with Gasteiger partial charge in [0.15, 0.2) is 0 Å². The second-order valence-corrected chi connectivity index (χ2v) is 3.39. The van der Waals surface area contributed by atoms with E-state index in [0.29, 0.717) is 0 Å². The Labute approximate surface area is 98.0 Å². The molecule has 0 saturated heterocycles. The van der Waals surface area contributed by atoms with Gasteiger partial charge in [-0.25, -0.2) is 4.79 Å². The van der Waals surface area contributed by atoms with E-state index in [4.69, 9.17) is 4.74 Å². The van der Waals surface area contributed by atoms with E-state index >= 15 is 0 Å². The van der Waals surface area contributed by atoms with Crippen LogP contribution in [0.15, 0.2) is 23.1 Å². The quantitative estimate of drug-likeness (QED) is 0.726. The summed E-state index contributed by atoms with van der Waals surface area (Å²) in [5.74, 6) is -0.998. The highest BCUT2D eigenvalue weighted by Gasteiger charge is 2.17. The highest BCUT2D eigenvalue weighted by molar-refractivity contribution is 5.96. The van der Waals surface area contributed by atoms with Gasteiger partial charge < -0.3 is 15.0 Å². The van der Waals surface area contributed by atoms with Gasteiger partial charge in [0.05, 0.1) is 6.61 Å². The standard InChI is InChI=1S/C11H14N2O4/c1-3-17-11(16)7(2)13-10(15)8-4-5-12-9(14)6-8/h4-7H,3H2,1-2H3,(H,12,14)(H,13,15). The van der Waals surface area contributed by atoms with E-state index in [9.17, 15) is 14.4 Å². The van der Waals surface area contributed by atoms with Gasteiger partial charge in [0.1, 0.15) is 6.04 Å². The number of pyridine rings is 1. The van der Waals surface area contributed by atoms with Gasteiger partial charge in [-0.05, 0) is 19.9 Å². The van der Waals surface area contributed by atoms with E-state index in [1.807, 2.05) is 0 Å². The lowest BCUT2D eigenvalue weighted by atomic mass is 10.2.